The molecule has 2 aromatic heterocycles. The highest BCUT2D eigenvalue weighted by Gasteiger charge is 2.26. The van der Waals surface area contributed by atoms with Crippen molar-refractivity contribution >= 4 is 17.1 Å². The Kier molecular flexibility index (Phi) is 6.69. The van der Waals surface area contributed by atoms with Crippen molar-refractivity contribution in [1.29, 1.82) is 5.26 Å². The summed E-state index contributed by atoms with van der Waals surface area (Å²) in [7, 11) is 0. The van der Waals surface area contributed by atoms with Gasteiger partial charge in [-0.05, 0) is 23.6 Å². The van der Waals surface area contributed by atoms with Crippen LogP contribution in [0, 0.1) is 11.3 Å². The Balaban J connectivity index is 1.79. The summed E-state index contributed by atoms with van der Waals surface area (Å²) >= 11 is 0. The molecule has 1 aliphatic rings. The van der Waals surface area contributed by atoms with Crippen molar-refractivity contribution in [2.45, 2.75) is 33.0 Å². The van der Waals surface area contributed by atoms with E-state index in [0.717, 1.165) is 37.3 Å². The first-order valence-corrected chi connectivity index (χ1v) is 12.3. The van der Waals surface area contributed by atoms with Crippen molar-refractivity contribution in [3.8, 4) is 6.07 Å². The molecule has 9 heteroatoms. The summed E-state index contributed by atoms with van der Waals surface area (Å²) in [5.74, 6) is 0.645. The van der Waals surface area contributed by atoms with Gasteiger partial charge in [-0.1, -0.05) is 55.5 Å². The highest BCUT2D eigenvalue weighted by molar-refractivity contribution is 5.75. The zero-order chi connectivity index (χ0) is 25.1. The second-order valence-electron chi connectivity index (χ2n) is 8.99. The van der Waals surface area contributed by atoms with Gasteiger partial charge in [0.1, 0.15) is 0 Å². The summed E-state index contributed by atoms with van der Waals surface area (Å²) in [6, 6.07) is 19.4. The third-order valence-corrected chi connectivity index (χ3v) is 6.59. The molecular formula is C27H29N7O2. The molecule has 0 atom stereocenters. The SMILES string of the molecule is CCCn1c(=O)c2c(nc(N3CCNCC3)n2Cc2ccccc2C#N)n(Cc2ccccc2)c1=O. The van der Waals surface area contributed by atoms with E-state index in [9.17, 15) is 14.9 Å². The molecule has 0 aliphatic carbocycles. The molecule has 184 valence electrons. The second kappa shape index (κ2) is 10.2. The molecule has 36 heavy (non-hydrogen) atoms. The Hall–Kier alpha value is -4.16. The van der Waals surface area contributed by atoms with Crippen LogP contribution in [-0.4, -0.2) is 44.9 Å². The van der Waals surface area contributed by atoms with Crippen molar-refractivity contribution in [1.82, 2.24) is 24.0 Å². The summed E-state index contributed by atoms with van der Waals surface area (Å²) in [5, 5.41) is 13.0. The molecule has 5 rings (SSSR count). The summed E-state index contributed by atoms with van der Waals surface area (Å²) in [5.41, 5.74) is 2.38. The molecule has 9 nitrogen and oxygen atoms in total. The van der Waals surface area contributed by atoms with E-state index in [0.29, 0.717) is 48.7 Å². The lowest BCUT2D eigenvalue weighted by Gasteiger charge is -2.28. The molecule has 0 radical (unpaired) electrons. The molecule has 1 N–H and O–H groups in total. The van der Waals surface area contributed by atoms with Crippen molar-refractivity contribution in [3.05, 3.63) is 92.1 Å². The van der Waals surface area contributed by atoms with Gasteiger partial charge >= 0.3 is 5.69 Å². The number of nitrogens with one attached hydrogen (secondary N) is 1. The largest absolute Gasteiger partial charge is 0.340 e. The van der Waals surface area contributed by atoms with Gasteiger partial charge in [-0.15, -0.1) is 0 Å². The summed E-state index contributed by atoms with van der Waals surface area (Å²) < 4.78 is 4.83. The predicted molar refractivity (Wildman–Crippen MR) is 139 cm³/mol. The maximum atomic E-state index is 13.8. The quantitative estimate of drug-likeness (QED) is 0.432. The van der Waals surface area contributed by atoms with Crippen LogP contribution in [0.3, 0.4) is 0 Å². The summed E-state index contributed by atoms with van der Waals surface area (Å²) in [4.78, 5) is 34.4. The molecule has 3 heterocycles. The standard InChI is InChI=1S/C27H29N7O2/c1-2-14-32-25(35)23-24(34(27(32)36)18-20-8-4-3-5-9-20)30-26(31-15-12-29-13-16-31)33(23)19-22-11-7-6-10-21(22)17-28/h3-11,29H,2,12-16,18-19H2,1H3. The van der Waals surface area contributed by atoms with Crippen molar-refractivity contribution in [2.24, 2.45) is 0 Å². The molecule has 4 aromatic rings. The smallest absolute Gasteiger partial charge is 0.333 e. The molecule has 1 fully saturated rings. The van der Waals surface area contributed by atoms with E-state index >= 15 is 0 Å². The number of aromatic nitrogens is 4. The van der Waals surface area contributed by atoms with Crippen LogP contribution < -0.4 is 21.5 Å². The Bertz CT molecular complexity index is 1540. The number of nitrogens with zero attached hydrogens (tertiary/aromatic N) is 6. The monoisotopic (exact) mass is 483 g/mol. The molecule has 1 saturated heterocycles. The van der Waals surface area contributed by atoms with Crippen LogP contribution in [0.2, 0.25) is 0 Å². The summed E-state index contributed by atoms with van der Waals surface area (Å²) in [6.07, 6.45) is 0.655. The highest BCUT2D eigenvalue weighted by atomic mass is 16.2. The van der Waals surface area contributed by atoms with Crippen molar-refractivity contribution in [2.75, 3.05) is 31.1 Å². The van der Waals surface area contributed by atoms with E-state index in [2.05, 4.69) is 16.3 Å². The normalized spacial score (nSPS) is 13.7. The number of imidazole rings is 1. The van der Waals surface area contributed by atoms with Gasteiger partial charge in [0.25, 0.3) is 5.56 Å². The molecule has 2 aromatic carbocycles. The molecule has 0 bridgehead atoms. The van der Waals surface area contributed by atoms with E-state index < -0.39 is 0 Å². The topological polar surface area (TPSA) is 101 Å². The molecule has 0 spiro atoms. The maximum absolute atomic E-state index is 13.8. The number of anilines is 1. The van der Waals surface area contributed by atoms with Crippen molar-refractivity contribution < 1.29 is 0 Å². The Labute approximate surface area is 208 Å². The van der Waals surface area contributed by atoms with Gasteiger partial charge in [0.2, 0.25) is 5.95 Å². The van der Waals surface area contributed by atoms with Gasteiger partial charge in [0.15, 0.2) is 11.2 Å². The van der Waals surface area contributed by atoms with Crippen LogP contribution in [0.25, 0.3) is 11.2 Å². The first-order valence-electron chi connectivity index (χ1n) is 12.3. The van der Waals surface area contributed by atoms with Gasteiger partial charge in [-0.2, -0.15) is 10.2 Å². The number of piperazine rings is 1. The fraction of sp³-hybridized carbons (Fsp3) is 0.333. The van der Waals surface area contributed by atoms with Crippen LogP contribution in [0.4, 0.5) is 5.95 Å². The van der Waals surface area contributed by atoms with Gasteiger partial charge in [-0.3, -0.25) is 18.5 Å². The maximum Gasteiger partial charge on any atom is 0.333 e. The van der Waals surface area contributed by atoms with E-state index in [1.54, 1.807) is 10.6 Å². The molecule has 0 unspecified atom stereocenters. The lowest BCUT2D eigenvalue weighted by atomic mass is 10.1. The lowest BCUT2D eigenvalue weighted by molar-refractivity contribution is 0.570. The first kappa shape index (κ1) is 23.6. The average molecular weight is 484 g/mol. The number of rotatable bonds is 7. The van der Waals surface area contributed by atoms with E-state index in [1.807, 2.05) is 60.0 Å². The van der Waals surface area contributed by atoms with E-state index in [1.165, 1.54) is 4.57 Å². The van der Waals surface area contributed by atoms with Gasteiger partial charge in [-0.25, -0.2) is 4.79 Å². The molecule has 0 amide bonds. The minimum atomic E-state index is -0.355. The first-order chi connectivity index (χ1) is 17.6. The average Bonchev–Trinajstić information content (AvgIpc) is 3.29. The van der Waals surface area contributed by atoms with E-state index in [-0.39, 0.29) is 11.2 Å². The zero-order valence-corrected chi connectivity index (χ0v) is 20.4. The van der Waals surface area contributed by atoms with Crippen LogP contribution in [-0.2, 0) is 19.6 Å². The number of benzene rings is 2. The third kappa shape index (κ3) is 4.32. The van der Waals surface area contributed by atoms with Crippen LogP contribution in [0.1, 0.15) is 30.0 Å². The molecule has 0 saturated carbocycles. The third-order valence-electron chi connectivity index (χ3n) is 6.59. The predicted octanol–water partition coefficient (Wildman–Crippen LogP) is 2.15. The number of fused-ring (bicyclic) bond motifs is 1. The molecule has 1 aliphatic heterocycles. The number of hydrogen-bond donors (Lipinski definition) is 1. The Morgan fingerprint density at radius 3 is 2.39 bits per heavy atom. The van der Waals surface area contributed by atoms with Gasteiger partial charge in [0, 0.05) is 32.7 Å². The van der Waals surface area contributed by atoms with Crippen LogP contribution >= 0.6 is 0 Å². The van der Waals surface area contributed by atoms with E-state index in [4.69, 9.17) is 4.98 Å². The van der Waals surface area contributed by atoms with Crippen LogP contribution in [0.5, 0.6) is 0 Å². The van der Waals surface area contributed by atoms with Crippen molar-refractivity contribution in [3.63, 3.8) is 0 Å². The van der Waals surface area contributed by atoms with Gasteiger partial charge in [0.05, 0.1) is 24.7 Å². The fourth-order valence-electron chi connectivity index (χ4n) is 4.80. The lowest BCUT2D eigenvalue weighted by Crippen LogP contribution is -2.44. The molecular weight excluding hydrogens is 454 g/mol. The summed E-state index contributed by atoms with van der Waals surface area (Å²) in [6.45, 7) is 5.96. The second-order valence-corrected chi connectivity index (χ2v) is 8.99. The minimum absolute atomic E-state index is 0.310. The van der Waals surface area contributed by atoms with Crippen LogP contribution in [0.15, 0.2) is 64.2 Å². The Morgan fingerprint density at radius 2 is 1.67 bits per heavy atom. The minimum Gasteiger partial charge on any atom is -0.340 e. The highest BCUT2D eigenvalue weighted by Crippen LogP contribution is 2.24. The van der Waals surface area contributed by atoms with Gasteiger partial charge < -0.3 is 10.2 Å². The zero-order valence-electron chi connectivity index (χ0n) is 20.4. The Morgan fingerprint density at radius 1 is 0.944 bits per heavy atom. The number of nitriles is 1. The fourth-order valence-corrected chi connectivity index (χ4v) is 4.80. The number of hydrogen-bond acceptors (Lipinski definition) is 6.